The summed E-state index contributed by atoms with van der Waals surface area (Å²) in [5.74, 6) is 2.06. The number of aliphatic hydroxyl groups is 2. The van der Waals surface area contributed by atoms with E-state index in [9.17, 15) is 10.2 Å². The zero-order chi connectivity index (χ0) is 9.22. The molecule has 0 spiro atoms. The van der Waals surface area contributed by atoms with E-state index in [0.29, 0.717) is 23.7 Å². The average Bonchev–Trinajstić information content (AvgIpc) is 2.65. The van der Waals surface area contributed by atoms with Crippen molar-refractivity contribution in [2.75, 3.05) is 0 Å². The highest BCUT2D eigenvalue weighted by atomic mass is 16.3. The molecule has 13 heavy (non-hydrogen) atoms. The third-order valence-corrected chi connectivity index (χ3v) is 4.34. The summed E-state index contributed by atoms with van der Waals surface area (Å²) in [5, 5.41) is 19.9. The van der Waals surface area contributed by atoms with E-state index >= 15 is 0 Å². The maximum Gasteiger partial charge on any atom is 0.0883 e. The summed E-state index contributed by atoms with van der Waals surface area (Å²) in [5.41, 5.74) is -0.835. The second-order valence-corrected chi connectivity index (χ2v) is 5.20. The zero-order valence-electron chi connectivity index (χ0n) is 7.85. The van der Waals surface area contributed by atoms with Crippen molar-refractivity contribution in [3.8, 4) is 0 Å². The molecule has 3 rings (SSSR count). The zero-order valence-corrected chi connectivity index (χ0v) is 7.85. The number of rotatable bonds is 0. The molecule has 3 aliphatic rings. The van der Waals surface area contributed by atoms with Crippen molar-refractivity contribution < 1.29 is 10.2 Å². The van der Waals surface area contributed by atoms with Gasteiger partial charge in [0.05, 0.1) is 11.7 Å². The largest absolute Gasteiger partial charge is 0.390 e. The molecular weight excluding hydrogens is 164 g/mol. The lowest BCUT2D eigenvalue weighted by molar-refractivity contribution is -0.0589. The molecule has 0 aromatic heterocycles. The summed E-state index contributed by atoms with van der Waals surface area (Å²) in [6, 6.07) is 0. The molecule has 2 nitrogen and oxygen atoms in total. The van der Waals surface area contributed by atoms with Crippen molar-refractivity contribution >= 4 is 0 Å². The van der Waals surface area contributed by atoms with Crippen LogP contribution in [0.2, 0.25) is 0 Å². The van der Waals surface area contributed by atoms with Crippen molar-refractivity contribution in [1.82, 2.24) is 0 Å². The molecule has 0 saturated heterocycles. The predicted molar refractivity (Wildman–Crippen MR) is 49.0 cm³/mol. The lowest BCUT2D eigenvalue weighted by Gasteiger charge is -2.26. The minimum Gasteiger partial charge on any atom is -0.390 e. The third-order valence-electron chi connectivity index (χ3n) is 4.34. The van der Waals surface area contributed by atoms with Gasteiger partial charge in [-0.15, -0.1) is 0 Å². The van der Waals surface area contributed by atoms with E-state index in [0.717, 1.165) is 6.42 Å². The summed E-state index contributed by atoms with van der Waals surface area (Å²) in [6.07, 6.45) is 6.00. The number of hydrogen-bond donors (Lipinski definition) is 2. The summed E-state index contributed by atoms with van der Waals surface area (Å²) < 4.78 is 0. The van der Waals surface area contributed by atoms with Gasteiger partial charge in [-0.1, -0.05) is 12.2 Å². The van der Waals surface area contributed by atoms with Crippen LogP contribution in [0.3, 0.4) is 0 Å². The Morgan fingerprint density at radius 2 is 2.00 bits per heavy atom. The third kappa shape index (κ3) is 0.856. The van der Waals surface area contributed by atoms with Crippen LogP contribution in [-0.4, -0.2) is 21.9 Å². The van der Waals surface area contributed by atoms with Crippen LogP contribution in [-0.2, 0) is 0 Å². The molecule has 0 aromatic carbocycles. The molecule has 2 fully saturated rings. The second-order valence-electron chi connectivity index (χ2n) is 5.20. The molecule has 0 unspecified atom stereocenters. The van der Waals surface area contributed by atoms with Gasteiger partial charge in [-0.05, 0) is 43.4 Å². The summed E-state index contributed by atoms with van der Waals surface area (Å²) in [4.78, 5) is 0. The highest BCUT2D eigenvalue weighted by Crippen LogP contribution is 2.57. The van der Waals surface area contributed by atoms with E-state index < -0.39 is 11.7 Å². The van der Waals surface area contributed by atoms with Gasteiger partial charge in [0.1, 0.15) is 0 Å². The van der Waals surface area contributed by atoms with E-state index in [-0.39, 0.29) is 0 Å². The van der Waals surface area contributed by atoms with Crippen molar-refractivity contribution in [2.45, 2.75) is 31.5 Å². The molecule has 2 heteroatoms. The molecule has 3 aliphatic carbocycles. The molecule has 0 radical (unpaired) electrons. The van der Waals surface area contributed by atoms with E-state index in [1.807, 2.05) is 0 Å². The lowest BCUT2D eigenvalue weighted by atomic mass is 9.85. The van der Waals surface area contributed by atoms with Crippen LogP contribution in [0.15, 0.2) is 12.2 Å². The molecule has 2 N–H and O–H groups in total. The van der Waals surface area contributed by atoms with Crippen molar-refractivity contribution in [3.63, 3.8) is 0 Å². The van der Waals surface area contributed by atoms with Crippen LogP contribution in [0.5, 0.6) is 0 Å². The van der Waals surface area contributed by atoms with Crippen LogP contribution < -0.4 is 0 Å². The standard InChI is InChI=1S/C11H16O2/c1-11(13)5-8-6-2-3-7(4-6)9(8)10(11)12/h2-3,6-10,12-13H,4-5H2,1H3/t6-,7-,8+,9+,10+,11-/m0/s1. The maximum atomic E-state index is 9.97. The van der Waals surface area contributed by atoms with Crippen molar-refractivity contribution in [1.29, 1.82) is 0 Å². The van der Waals surface area contributed by atoms with Gasteiger partial charge < -0.3 is 10.2 Å². The minimum atomic E-state index is -0.835. The first-order chi connectivity index (χ1) is 6.09. The van der Waals surface area contributed by atoms with Crippen LogP contribution >= 0.6 is 0 Å². The number of fused-ring (bicyclic) bond motifs is 5. The van der Waals surface area contributed by atoms with Gasteiger partial charge in [-0.25, -0.2) is 0 Å². The van der Waals surface area contributed by atoms with E-state index in [4.69, 9.17) is 0 Å². The fourth-order valence-electron chi connectivity index (χ4n) is 3.73. The van der Waals surface area contributed by atoms with Gasteiger partial charge in [0.15, 0.2) is 0 Å². The Morgan fingerprint density at radius 1 is 1.31 bits per heavy atom. The first-order valence-corrected chi connectivity index (χ1v) is 5.18. The first-order valence-electron chi connectivity index (χ1n) is 5.18. The number of hydrogen-bond acceptors (Lipinski definition) is 2. The van der Waals surface area contributed by atoms with Gasteiger partial charge in [0.25, 0.3) is 0 Å². The van der Waals surface area contributed by atoms with Crippen LogP contribution in [0.1, 0.15) is 19.8 Å². The molecule has 0 heterocycles. The predicted octanol–water partition coefficient (Wildman–Crippen LogP) is 0.940. The molecule has 6 atom stereocenters. The van der Waals surface area contributed by atoms with Gasteiger partial charge in [0, 0.05) is 0 Å². The topological polar surface area (TPSA) is 40.5 Å². The number of allylic oxidation sites excluding steroid dienone is 2. The van der Waals surface area contributed by atoms with Gasteiger partial charge in [-0.2, -0.15) is 0 Å². The molecule has 2 bridgehead atoms. The fraction of sp³-hybridized carbons (Fsp3) is 0.818. The smallest absolute Gasteiger partial charge is 0.0883 e. The molecule has 0 aromatic rings. The Kier molecular flexibility index (Phi) is 1.34. The summed E-state index contributed by atoms with van der Waals surface area (Å²) in [6.45, 7) is 1.77. The molecule has 2 saturated carbocycles. The highest BCUT2D eigenvalue weighted by Gasteiger charge is 2.58. The van der Waals surface area contributed by atoms with Crippen LogP contribution in [0.25, 0.3) is 0 Å². The van der Waals surface area contributed by atoms with Crippen molar-refractivity contribution in [2.24, 2.45) is 23.7 Å². The van der Waals surface area contributed by atoms with E-state index in [1.54, 1.807) is 6.92 Å². The number of aliphatic hydroxyl groups excluding tert-OH is 1. The SMILES string of the molecule is C[C@]1(O)C[C@H]2[C@H]([C@H]1O)[C@H]1C=C[C@H]2C1. The molecule has 72 valence electrons. The van der Waals surface area contributed by atoms with Gasteiger partial charge >= 0.3 is 0 Å². The lowest BCUT2D eigenvalue weighted by Crippen LogP contribution is -2.38. The Morgan fingerprint density at radius 3 is 2.69 bits per heavy atom. The minimum absolute atomic E-state index is 0.338. The van der Waals surface area contributed by atoms with Gasteiger partial charge in [-0.3, -0.25) is 0 Å². The van der Waals surface area contributed by atoms with Crippen LogP contribution in [0, 0.1) is 23.7 Å². The van der Waals surface area contributed by atoms with Gasteiger partial charge in [0.2, 0.25) is 0 Å². The molecule has 0 aliphatic heterocycles. The van der Waals surface area contributed by atoms with E-state index in [2.05, 4.69) is 12.2 Å². The quantitative estimate of drug-likeness (QED) is 0.545. The maximum absolute atomic E-state index is 9.97. The first kappa shape index (κ1) is 8.01. The summed E-state index contributed by atoms with van der Waals surface area (Å²) in [7, 11) is 0. The van der Waals surface area contributed by atoms with E-state index in [1.165, 1.54) is 6.42 Å². The summed E-state index contributed by atoms with van der Waals surface area (Å²) >= 11 is 0. The molecule has 0 amide bonds. The Bertz CT molecular complexity index is 269. The Balaban J connectivity index is 1.96. The normalized spacial score (nSPS) is 63.2. The van der Waals surface area contributed by atoms with Crippen molar-refractivity contribution in [3.05, 3.63) is 12.2 Å². The van der Waals surface area contributed by atoms with Crippen LogP contribution in [0.4, 0.5) is 0 Å². The Hall–Kier alpha value is -0.340. The monoisotopic (exact) mass is 180 g/mol. The fourth-order valence-corrected chi connectivity index (χ4v) is 3.73. The molecular formula is C11H16O2. The Labute approximate surface area is 78.3 Å². The highest BCUT2D eigenvalue weighted by molar-refractivity contribution is 5.20. The second kappa shape index (κ2) is 2.18. The average molecular weight is 180 g/mol.